The molecular weight excluding hydrogens is 250 g/mol. The maximum atomic E-state index is 13.3. The summed E-state index contributed by atoms with van der Waals surface area (Å²) < 4.78 is 6.24. The van der Waals surface area contributed by atoms with Crippen LogP contribution in [0.1, 0.15) is 58.8 Å². The van der Waals surface area contributed by atoms with Gasteiger partial charge in [-0.25, -0.2) is 0 Å². The van der Waals surface area contributed by atoms with E-state index in [4.69, 9.17) is 4.74 Å². The maximum Gasteiger partial charge on any atom is 0.255 e. The third-order valence-corrected chi connectivity index (χ3v) is 7.44. The molecule has 0 aromatic rings. The van der Waals surface area contributed by atoms with Crippen molar-refractivity contribution in [1.29, 1.82) is 0 Å². The van der Waals surface area contributed by atoms with Crippen LogP contribution in [0.5, 0.6) is 0 Å². The minimum atomic E-state index is -0.477. The van der Waals surface area contributed by atoms with Crippen molar-refractivity contribution in [1.82, 2.24) is 4.90 Å². The van der Waals surface area contributed by atoms with Gasteiger partial charge < -0.3 is 9.64 Å². The van der Waals surface area contributed by atoms with E-state index >= 15 is 0 Å². The third-order valence-electron chi connectivity index (χ3n) is 7.44. The Labute approximate surface area is 122 Å². The van der Waals surface area contributed by atoms with Gasteiger partial charge >= 0.3 is 0 Å². The van der Waals surface area contributed by atoms with E-state index in [1.165, 1.54) is 38.5 Å². The van der Waals surface area contributed by atoms with Crippen molar-refractivity contribution in [3.05, 3.63) is 0 Å². The number of hydrogen-bond donors (Lipinski definition) is 0. The molecule has 4 bridgehead atoms. The molecule has 4 aliphatic rings. The monoisotopic (exact) mass is 277 g/mol. The van der Waals surface area contributed by atoms with Gasteiger partial charge in [-0.05, 0) is 38.0 Å². The maximum absolute atomic E-state index is 13.3. The summed E-state index contributed by atoms with van der Waals surface area (Å²) in [7, 11) is 0. The van der Waals surface area contributed by atoms with Crippen LogP contribution in [0.25, 0.3) is 0 Å². The Morgan fingerprint density at radius 1 is 1.15 bits per heavy atom. The SMILES string of the molecule is C[C@@]12CC[C@H]3C[C@@]1(C(=O)N1CCCCCC1)OC[C@]32C. The standard InChI is InChI=1S/C17H27NO2/c1-15-12-20-17(11-13(15)7-8-16(15,17)2)14(19)18-9-5-3-4-6-10-18/h13H,3-12H2,1-2H3/t13-,15+,16-,17-/m0/s1. The Balaban J connectivity index is 1.66. The van der Waals surface area contributed by atoms with Crippen LogP contribution in [0.4, 0.5) is 0 Å². The molecule has 2 saturated carbocycles. The normalized spacial score (nSPS) is 50.5. The third kappa shape index (κ3) is 1.29. The summed E-state index contributed by atoms with van der Waals surface area (Å²) in [6, 6.07) is 0. The number of amides is 1. The molecule has 0 radical (unpaired) electrons. The van der Waals surface area contributed by atoms with Crippen LogP contribution in [-0.4, -0.2) is 36.1 Å². The first kappa shape index (κ1) is 13.1. The van der Waals surface area contributed by atoms with E-state index in [0.29, 0.717) is 11.8 Å². The summed E-state index contributed by atoms with van der Waals surface area (Å²) >= 11 is 0. The lowest BCUT2D eigenvalue weighted by Gasteiger charge is -2.42. The fourth-order valence-electron chi connectivity index (χ4n) is 5.76. The lowest BCUT2D eigenvalue weighted by molar-refractivity contribution is -0.167. The second-order valence-electron chi connectivity index (χ2n) is 8.01. The molecule has 2 saturated heterocycles. The van der Waals surface area contributed by atoms with Crippen LogP contribution in [-0.2, 0) is 9.53 Å². The summed E-state index contributed by atoms with van der Waals surface area (Å²) in [5.74, 6) is 1.03. The minimum Gasteiger partial charge on any atom is -0.364 e. The molecule has 3 nitrogen and oxygen atoms in total. The number of nitrogens with zero attached hydrogens (tertiary/aromatic N) is 1. The highest BCUT2D eigenvalue weighted by Crippen LogP contribution is 2.75. The van der Waals surface area contributed by atoms with Crippen LogP contribution in [0.3, 0.4) is 0 Å². The Hall–Kier alpha value is -0.570. The van der Waals surface area contributed by atoms with Gasteiger partial charge in [0, 0.05) is 23.9 Å². The molecule has 2 heterocycles. The van der Waals surface area contributed by atoms with Crippen molar-refractivity contribution in [3.8, 4) is 0 Å². The topological polar surface area (TPSA) is 29.5 Å². The lowest BCUT2D eigenvalue weighted by Crippen LogP contribution is -2.56. The zero-order valence-corrected chi connectivity index (χ0v) is 12.9. The predicted octanol–water partition coefficient (Wildman–Crippen LogP) is 2.98. The summed E-state index contributed by atoms with van der Waals surface area (Å²) in [4.78, 5) is 15.4. The zero-order valence-electron chi connectivity index (χ0n) is 12.9. The number of ether oxygens (including phenoxy) is 1. The van der Waals surface area contributed by atoms with Gasteiger partial charge in [-0.15, -0.1) is 0 Å². The Kier molecular flexibility index (Phi) is 2.62. The van der Waals surface area contributed by atoms with E-state index in [2.05, 4.69) is 18.7 Å². The minimum absolute atomic E-state index is 0.0774. The molecule has 0 unspecified atom stereocenters. The van der Waals surface area contributed by atoms with E-state index < -0.39 is 5.60 Å². The Bertz CT molecular complexity index is 442. The summed E-state index contributed by atoms with van der Waals surface area (Å²) in [6.07, 6.45) is 8.33. The summed E-state index contributed by atoms with van der Waals surface area (Å²) in [5.41, 5.74) is -0.155. The molecule has 2 aliphatic carbocycles. The van der Waals surface area contributed by atoms with Gasteiger partial charge in [0.1, 0.15) is 0 Å². The lowest BCUT2D eigenvalue weighted by atomic mass is 9.66. The van der Waals surface area contributed by atoms with E-state index in [1.807, 2.05) is 0 Å². The van der Waals surface area contributed by atoms with Crippen LogP contribution in [0.2, 0.25) is 0 Å². The summed E-state index contributed by atoms with van der Waals surface area (Å²) in [6.45, 7) is 7.40. The molecule has 20 heavy (non-hydrogen) atoms. The highest BCUT2D eigenvalue weighted by atomic mass is 16.5. The Morgan fingerprint density at radius 2 is 1.85 bits per heavy atom. The van der Waals surface area contributed by atoms with E-state index in [0.717, 1.165) is 26.1 Å². The van der Waals surface area contributed by atoms with Crippen molar-refractivity contribution in [2.24, 2.45) is 16.7 Å². The molecule has 2 aliphatic heterocycles. The molecule has 0 aromatic heterocycles. The molecule has 4 rings (SSSR count). The van der Waals surface area contributed by atoms with Crippen molar-refractivity contribution in [2.75, 3.05) is 19.7 Å². The molecule has 0 aromatic carbocycles. The van der Waals surface area contributed by atoms with Gasteiger partial charge in [0.2, 0.25) is 0 Å². The average Bonchev–Trinajstić information content (AvgIpc) is 2.79. The molecule has 4 atom stereocenters. The van der Waals surface area contributed by atoms with Crippen molar-refractivity contribution in [2.45, 2.75) is 64.4 Å². The van der Waals surface area contributed by atoms with E-state index in [9.17, 15) is 4.79 Å². The molecule has 0 N–H and O–H groups in total. The van der Waals surface area contributed by atoms with E-state index in [1.54, 1.807) is 0 Å². The van der Waals surface area contributed by atoms with Crippen LogP contribution >= 0.6 is 0 Å². The number of carbonyl (C=O) groups is 1. The summed E-state index contributed by atoms with van der Waals surface area (Å²) in [5, 5.41) is 0. The molecule has 1 amide bonds. The van der Waals surface area contributed by atoms with Crippen LogP contribution in [0.15, 0.2) is 0 Å². The smallest absolute Gasteiger partial charge is 0.255 e. The van der Waals surface area contributed by atoms with Gasteiger partial charge in [-0.1, -0.05) is 26.7 Å². The van der Waals surface area contributed by atoms with Crippen LogP contribution < -0.4 is 0 Å². The van der Waals surface area contributed by atoms with Gasteiger partial charge in [-0.3, -0.25) is 4.79 Å². The zero-order chi connectivity index (χ0) is 14.0. The van der Waals surface area contributed by atoms with Gasteiger partial charge in [-0.2, -0.15) is 0 Å². The van der Waals surface area contributed by atoms with Crippen molar-refractivity contribution < 1.29 is 9.53 Å². The largest absolute Gasteiger partial charge is 0.364 e. The average molecular weight is 277 g/mol. The van der Waals surface area contributed by atoms with Gasteiger partial charge in [0.15, 0.2) is 5.60 Å². The first-order valence-electron chi connectivity index (χ1n) is 8.47. The Morgan fingerprint density at radius 3 is 2.45 bits per heavy atom. The number of likely N-dealkylation sites (tertiary alicyclic amines) is 1. The fourth-order valence-corrected chi connectivity index (χ4v) is 5.76. The van der Waals surface area contributed by atoms with Crippen molar-refractivity contribution in [3.63, 3.8) is 0 Å². The number of carbonyl (C=O) groups excluding carboxylic acids is 1. The van der Waals surface area contributed by atoms with Gasteiger partial charge in [0.05, 0.1) is 6.61 Å². The molecule has 4 fully saturated rings. The molecule has 3 heteroatoms. The van der Waals surface area contributed by atoms with Gasteiger partial charge in [0.25, 0.3) is 5.91 Å². The van der Waals surface area contributed by atoms with E-state index in [-0.39, 0.29) is 10.8 Å². The molecule has 0 spiro atoms. The first-order chi connectivity index (χ1) is 9.54. The molecule has 112 valence electrons. The fraction of sp³-hybridized carbons (Fsp3) is 0.941. The second kappa shape index (κ2) is 4.00. The first-order valence-corrected chi connectivity index (χ1v) is 8.47. The molecular formula is C17H27NO2. The second-order valence-corrected chi connectivity index (χ2v) is 8.01. The van der Waals surface area contributed by atoms with Crippen LogP contribution in [0, 0.1) is 16.7 Å². The number of rotatable bonds is 1. The quantitative estimate of drug-likeness (QED) is 0.737. The number of hydrogen-bond acceptors (Lipinski definition) is 2. The predicted molar refractivity (Wildman–Crippen MR) is 77.3 cm³/mol. The highest BCUT2D eigenvalue weighted by molar-refractivity contribution is 5.88. The highest BCUT2D eigenvalue weighted by Gasteiger charge is 2.78. The van der Waals surface area contributed by atoms with Crippen molar-refractivity contribution >= 4 is 5.91 Å².